The van der Waals surface area contributed by atoms with Gasteiger partial charge in [-0.05, 0) is 63.2 Å². The van der Waals surface area contributed by atoms with Crippen LogP contribution in [0.2, 0.25) is 5.02 Å². The second-order valence-electron chi connectivity index (χ2n) is 3.44. The predicted octanol–water partition coefficient (Wildman–Crippen LogP) is 3.94. The number of carbonyl (C=O) groups is 1. The fourth-order valence-corrected chi connectivity index (χ4v) is 2.50. The Hall–Kier alpha value is -0.590. The van der Waals surface area contributed by atoms with E-state index in [1.165, 1.54) is 0 Å². The highest BCUT2D eigenvalue weighted by Gasteiger charge is 2.07. The van der Waals surface area contributed by atoms with Crippen LogP contribution in [0.15, 0.2) is 35.0 Å². The van der Waals surface area contributed by atoms with Crippen LogP contribution < -0.4 is 5.32 Å². The van der Waals surface area contributed by atoms with E-state index in [-0.39, 0.29) is 5.91 Å². The molecule has 0 bridgehead atoms. The van der Waals surface area contributed by atoms with Crippen LogP contribution in [0.25, 0.3) is 0 Å². The lowest BCUT2D eigenvalue weighted by Crippen LogP contribution is -2.22. The zero-order chi connectivity index (χ0) is 12.3. The summed E-state index contributed by atoms with van der Waals surface area (Å²) < 4.78 is 0.943. The van der Waals surface area contributed by atoms with E-state index in [1.807, 2.05) is 22.9 Å². The van der Waals surface area contributed by atoms with Crippen LogP contribution in [0, 0.1) is 3.57 Å². The van der Waals surface area contributed by atoms with E-state index in [4.69, 9.17) is 11.6 Å². The van der Waals surface area contributed by atoms with Gasteiger partial charge in [0.2, 0.25) is 0 Å². The van der Waals surface area contributed by atoms with Crippen molar-refractivity contribution >= 4 is 51.4 Å². The van der Waals surface area contributed by atoms with Crippen molar-refractivity contribution in [1.82, 2.24) is 5.32 Å². The number of benzene rings is 1. The zero-order valence-electron chi connectivity index (χ0n) is 8.74. The third-order valence-electron chi connectivity index (χ3n) is 2.21. The zero-order valence-corrected chi connectivity index (χ0v) is 12.5. The van der Waals surface area contributed by atoms with Crippen molar-refractivity contribution in [1.29, 1.82) is 0 Å². The summed E-state index contributed by atoms with van der Waals surface area (Å²) in [7, 11) is 0. The Morgan fingerprint density at radius 3 is 2.88 bits per heavy atom. The maximum absolute atomic E-state index is 11.8. The number of nitrogens with one attached hydrogen (secondary N) is 1. The lowest BCUT2D eigenvalue weighted by molar-refractivity contribution is 0.0951. The number of hydrogen-bond acceptors (Lipinski definition) is 2. The summed E-state index contributed by atoms with van der Waals surface area (Å²) in [6.07, 6.45) is 0. The minimum Gasteiger partial charge on any atom is -0.348 e. The second-order valence-corrected chi connectivity index (χ2v) is 5.79. The van der Waals surface area contributed by atoms with Gasteiger partial charge in [-0.15, -0.1) is 0 Å². The number of hydrogen-bond donors (Lipinski definition) is 1. The van der Waals surface area contributed by atoms with Gasteiger partial charge in [0.05, 0.1) is 5.02 Å². The Morgan fingerprint density at radius 1 is 1.41 bits per heavy atom. The number of amides is 1. The predicted molar refractivity (Wildman–Crippen MR) is 79.7 cm³/mol. The molecule has 2 aromatic rings. The molecule has 0 spiro atoms. The first kappa shape index (κ1) is 12.9. The Kier molecular flexibility index (Phi) is 4.42. The summed E-state index contributed by atoms with van der Waals surface area (Å²) >= 11 is 9.72. The maximum atomic E-state index is 11.8. The molecule has 0 atom stereocenters. The van der Waals surface area contributed by atoms with E-state index in [2.05, 4.69) is 27.9 Å². The molecule has 2 nitrogen and oxygen atoms in total. The van der Waals surface area contributed by atoms with Crippen LogP contribution in [0.1, 0.15) is 15.9 Å². The van der Waals surface area contributed by atoms with Gasteiger partial charge in [0.15, 0.2) is 0 Å². The highest BCUT2D eigenvalue weighted by molar-refractivity contribution is 14.1. The van der Waals surface area contributed by atoms with Crippen molar-refractivity contribution in [2.75, 3.05) is 0 Å². The molecule has 0 aliphatic carbocycles. The van der Waals surface area contributed by atoms with Gasteiger partial charge >= 0.3 is 0 Å². The maximum Gasteiger partial charge on any atom is 0.251 e. The molecule has 1 amide bonds. The average molecular weight is 378 g/mol. The second kappa shape index (κ2) is 5.84. The van der Waals surface area contributed by atoms with E-state index in [0.29, 0.717) is 17.1 Å². The summed E-state index contributed by atoms with van der Waals surface area (Å²) in [5, 5.41) is 7.46. The Bertz CT molecular complexity index is 527. The standard InChI is InChI=1S/C12H9ClINOS/c13-10-5-9(1-2-11(10)14)12(16)15-6-8-3-4-17-7-8/h1-5,7H,6H2,(H,15,16). The Balaban J connectivity index is 2.02. The number of thiophene rings is 1. The number of rotatable bonds is 3. The van der Waals surface area contributed by atoms with E-state index >= 15 is 0 Å². The van der Waals surface area contributed by atoms with Gasteiger partial charge in [0, 0.05) is 15.7 Å². The third kappa shape index (κ3) is 3.43. The summed E-state index contributed by atoms with van der Waals surface area (Å²) in [4.78, 5) is 11.8. The molecule has 0 radical (unpaired) electrons. The van der Waals surface area contributed by atoms with Crippen LogP contribution in [-0.2, 0) is 6.54 Å². The van der Waals surface area contributed by atoms with Crippen molar-refractivity contribution in [2.45, 2.75) is 6.54 Å². The first-order valence-electron chi connectivity index (χ1n) is 4.91. The molecule has 1 aromatic carbocycles. The highest BCUT2D eigenvalue weighted by atomic mass is 127. The first-order chi connectivity index (χ1) is 8.16. The molecule has 2 rings (SSSR count). The molecular weight excluding hydrogens is 369 g/mol. The minimum absolute atomic E-state index is 0.102. The van der Waals surface area contributed by atoms with E-state index < -0.39 is 0 Å². The SMILES string of the molecule is O=C(NCc1ccsc1)c1ccc(I)c(Cl)c1. The quantitative estimate of drug-likeness (QED) is 0.807. The van der Waals surface area contributed by atoms with Crippen LogP contribution >= 0.6 is 45.5 Å². The Labute approximate surface area is 122 Å². The summed E-state index contributed by atoms with van der Waals surface area (Å²) in [6.45, 7) is 0.548. The monoisotopic (exact) mass is 377 g/mol. The fourth-order valence-electron chi connectivity index (χ4n) is 1.32. The molecule has 88 valence electrons. The lowest BCUT2D eigenvalue weighted by atomic mass is 10.2. The van der Waals surface area contributed by atoms with Crippen molar-refractivity contribution in [3.63, 3.8) is 0 Å². The molecular formula is C12H9ClINOS. The summed E-state index contributed by atoms with van der Waals surface area (Å²) in [5.41, 5.74) is 1.70. The van der Waals surface area contributed by atoms with Gasteiger partial charge in [-0.3, -0.25) is 4.79 Å². The molecule has 1 N–H and O–H groups in total. The van der Waals surface area contributed by atoms with Crippen molar-refractivity contribution < 1.29 is 4.79 Å². The van der Waals surface area contributed by atoms with Gasteiger partial charge in [0.1, 0.15) is 0 Å². The van der Waals surface area contributed by atoms with Crippen molar-refractivity contribution in [3.8, 4) is 0 Å². The van der Waals surface area contributed by atoms with Crippen LogP contribution in [0.4, 0.5) is 0 Å². The largest absolute Gasteiger partial charge is 0.348 e. The molecule has 0 saturated carbocycles. The van der Waals surface area contributed by atoms with Gasteiger partial charge in [-0.2, -0.15) is 11.3 Å². The van der Waals surface area contributed by atoms with Gasteiger partial charge in [-0.1, -0.05) is 11.6 Å². The Morgan fingerprint density at radius 2 is 2.24 bits per heavy atom. The van der Waals surface area contributed by atoms with E-state index in [1.54, 1.807) is 23.5 Å². The molecule has 0 fully saturated rings. The van der Waals surface area contributed by atoms with Crippen LogP contribution in [-0.4, -0.2) is 5.91 Å². The number of carbonyl (C=O) groups excluding carboxylic acids is 1. The summed E-state index contributed by atoms with van der Waals surface area (Å²) in [6, 6.07) is 7.29. The molecule has 1 heterocycles. The molecule has 0 aliphatic rings. The minimum atomic E-state index is -0.102. The molecule has 5 heteroatoms. The van der Waals surface area contributed by atoms with E-state index in [9.17, 15) is 4.79 Å². The van der Waals surface area contributed by atoms with Crippen LogP contribution in [0.3, 0.4) is 0 Å². The fraction of sp³-hybridized carbons (Fsp3) is 0.0833. The van der Waals surface area contributed by atoms with Gasteiger partial charge in [0.25, 0.3) is 5.91 Å². The smallest absolute Gasteiger partial charge is 0.251 e. The highest BCUT2D eigenvalue weighted by Crippen LogP contribution is 2.19. The summed E-state index contributed by atoms with van der Waals surface area (Å²) in [5.74, 6) is -0.102. The van der Waals surface area contributed by atoms with Crippen molar-refractivity contribution in [2.24, 2.45) is 0 Å². The van der Waals surface area contributed by atoms with E-state index in [0.717, 1.165) is 9.13 Å². The molecule has 0 aliphatic heterocycles. The molecule has 17 heavy (non-hydrogen) atoms. The van der Waals surface area contributed by atoms with Crippen molar-refractivity contribution in [3.05, 3.63) is 54.7 Å². The topological polar surface area (TPSA) is 29.1 Å². The number of halogens is 2. The molecule has 0 saturated heterocycles. The molecule has 0 unspecified atom stereocenters. The average Bonchev–Trinajstić information content (AvgIpc) is 2.82. The molecule has 1 aromatic heterocycles. The normalized spacial score (nSPS) is 10.2. The lowest BCUT2D eigenvalue weighted by Gasteiger charge is -2.05. The van der Waals surface area contributed by atoms with Gasteiger partial charge < -0.3 is 5.32 Å². The third-order valence-corrected chi connectivity index (χ3v) is 4.52. The van der Waals surface area contributed by atoms with Gasteiger partial charge in [-0.25, -0.2) is 0 Å². The van der Waals surface area contributed by atoms with Crippen LogP contribution in [0.5, 0.6) is 0 Å². The first-order valence-corrected chi connectivity index (χ1v) is 7.31.